The molecule has 7 nitrogen and oxygen atoms in total. The van der Waals surface area contributed by atoms with Crippen LogP contribution in [0, 0.1) is 17.1 Å². The lowest BCUT2D eigenvalue weighted by Crippen LogP contribution is -2.39. The number of nitriles is 1. The second-order valence-corrected chi connectivity index (χ2v) is 13.0. The predicted molar refractivity (Wildman–Crippen MR) is 144 cm³/mol. The lowest BCUT2D eigenvalue weighted by atomic mass is 10.1. The van der Waals surface area contributed by atoms with Gasteiger partial charge in [0.25, 0.3) is 0 Å². The highest BCUT2D eigenvalue weighted by atomic mass is 32.2. The number of hydrogen-bond donors (Lipinski definition) is 0. The predicted octanol–water partition coefficient (Wildman–Crippen LogP) is 5.52. The molecule has 0 saturated heterocycles. The number of sulfone groups is 1. The van der Waals surface area contributed by atoms with E-state index in [0.29, 0.717) is 29.2 Å². The Kier molecular flexibility index (Phi) is 8.32. The molecule has 1 heterocycles. The summed E-state index contributed by atoms with van der Waals surface area (Å²) in [6.45, 7) is 5.03. The summed E-state index contributed by atoms with van der Waals surface area (Å²) >= 11 is 0. The number of carbonyl (C=O) groups excluding carboxylic acids is 1. The van der Waals surface area contributed by atoms with Gasteiger partial charge in [-0.2, -0.15) is 18.4 Å². The van der Waals surface area contributed by atoms with E-state index in [1.54, 1.807) is 35.8 Å². The average molecular weight is 591 g/mol. The van der Waals surface area contributed by atoms with Crippen LogP contribution in [0.1, 0.15) is 67.9 Å². The maximum absolute atomic E-state index is 13.8. The molecule has 218 valence electrons. The van der Waals surface area contributed by atoms with Crippen molar-refractivity contribution >= 4 is 15.7 Å². The largest absolute Gasteiger partial charge is 0.419 e. The quantitative estimate of drug-likeness (QED) is 0.290. The molecule has 1 aromatic heterocycles. The van der Waals surface area contributed by atoms with Crippen molar-refractivity contribution in [3.63, 3.8) is 0 Å². The third-order valence-corrected chi connectivity index (χ3v) is 9.25. The number of hydrogen-bond acceptors (Lipinski definition) is 5. The van der Waals surface area contributed by atoms with Gasteiger partial charge in [-0.25, -0.2) is 17.8 Å². The van der Waals surface area contributed by atoms with E-state index in [2.05, 4.69) is 13.0 Å². The molecule has 0 aliphatic heterocycles. The van der Waals surface area contributed by atoms with E-state index in [-0.39, 0.29) is 29.0 Å². The summed E-state index contributed by atoms with van der Waals surface area (Å²) in [6.07, 6.45) is -1.72. The van der Waals surface area contributed by atoms with Crippen molar-refractivity contribution in [2.75, 3.05) is 18.1 Å². The van der Waals surface area contributed by atoms with Gasteiger partial charge in [0.1, 0.15) is 11.6 Å². The third kappa shape index (κ3) is 6.78. The Balaban J connectivity index is 1.73. The number of aromatic nitrogens is 2. The number of carbonyl (C=O) groups is 1. The minimum absolute atomic E-state index is 0.0547. The normalized spacial score (nSPS) is 15.3. The number of alkyl halides is 3. The number of imidazole rings is 1. The number of halogens is 4. The molecule has 2 aromatic carbocycles. The van der Waals surface area contributed by atoms with Gasteiger partial charge in [0.2, 0.25) is 5.91 Å². The zero-order valence-electron chi connectivity index (χ0n) is 22.9. The maximum atomic E-state index is 13.8. The van der Waals surface area contributed by atoms with E-state index in [1.165, 1.54) is 11.8 Å². The molecule has 0 radical (unpaired) electrons. The van der Waals surface area contributed by atoms with Gasteiger partial charge in [-0.15, -0.1) is 0 Å². The summed E-state index contributed by atoms with van der Waals surface area (Å²) in [4.78, 5) is 19.8. The maximum Gasteiger partial charge on any atom is 0.419 e. The number of benzene rings is 2. The Morgan fingerprint density at radius 1 is 1.20 bits per heavy atom. The fourth-order valence-corrected chi connectivity index (χ4v) is 5.32. The van der Waals surface area contributed by atoms with Crippen LogP contribution in [-0.4, -0.2) is 46.8 Å². The second-order valence-electron chi connectivity index (χ2n) is 10.6. The molecule has 1 atom stereocenters. The fraction of sp³-hybridized carbons (Fsp3) is 0.414. The summed E-state index contributed by atoms with van der Waals surface area (Å²) in [5, 5.41) is 9.19. The van der Waals surface area contributed by atoms with E-state index < -0.39 is 45.8 Å². The van der Waals surface area contributed by atoms with Gasteiger partial charge < -0.3 is 9.47 Å². The first-order valence-corrected chi connectivity index (χ1v) is 15.0. The molecule has 1 aliphatic carbocycles. The number of amides is 1. The smallest absolute Gasteiger partial charge is 0.331 e. The average Bonchev–Trinajstić information content (AvgIpc) is 3.51. The molecule has 12 heteroatoms. The van der Waals surface area contributed by atoms with Crippen LogP contribution < -0.4 is 0 Å². The molecule has 0 spiro atoms. The minimum Gasteiger partial charge on any atom is -0.331 e. The molecular weight excluding hydrogens is 560 g/mol. The van der Waals surface area contributed by atoms with Crippen molar-refractivity contribution in [2.45, 2.75) is 57.7 Å². The first-order valence-electron chi connectivity index (χ1n) is 13.1. The monoisotopic (exact) mass is 590 g/mol. The second kappa shape index (κ2) is 11.3. The lowest BCUT2D eigenvalue weighted by molar-refractivity contribution is -0.140. The van der Waals surface area contributed by atoms with Crippen LogP contribution in [0.4, 0.5) is 17.6 Å². The zero-order chi connectivity index (χ0) is 30.2. The van der Waals surface area contributed by atoms with Crippen LogP contribution in [0.25, 0.3) is 5.69 Å². The standard InChI is InChI=1S/C29H30F4N4O3S/c1-4-41(39,40)14-13-36(26(38)16-21-7-10-24(30)23(15-21)29(31,32)33)19(2)27-35-25(28(3)11-12-28)18-37(27)22-8-5-20(17-34)6-9-22/h5-10,15,18-19H,4,11-14,16H2,1-3H3/t19-/m1/s1. The van der Waals surface area contributed by atoms with Gasteiger partial charge in [-0.3, -0.25) is 4.79 Å². The van der Waals surface area contributed by atoms with Crippen LogP contribution in [0.3, 0.4) is 0 Å². The topological polar surface area (TPSA) is 96.1 Å². The van der Waals surface area contributed by atoms with Crippen molar-refractivity contribution in [1.29, 1.82) is 5.26 Å². The Hall–Kier alpha value is -3.72. The summed E-state index contributed by atoms with van der Waals surface area (Å²) in [5.41, 5.74) is 0.253. The molecule has 0 bridgehead atoms. The summed E-state index contributed by atoms with van der Waals surface area (Å²) in [6, 6.07) is 10.4. The molecule has 4 rings (SSSR count). The summed E-state index contributed by atoms with van der Waals surface area (Å²) in [5.74, 6) is -2.12. The highest BCUT2D eigenvalue weighted by molar-refractivity contribution is 7.91. The van der Waals surface area contributed by atoms with E-state index in [4.69, 9.17) is 4.98 Å². The molecule has 1 fully saturated rings. The van der Waals surface area contributed by atoms with Crippen molar-refractivity contribution in [3.05, 3.63) is 82.7 Å². The molecule has 1 aliphatic rings. The zero-order valence-corrected chi connectivity index (χ0v) is 23.7. The first-order chi connectivity index (χ1) is 19.2. The van der Waals surface area contributed by atoms with Gasteiger partial charge >= 0.3 is 6.18 Å². The lowest BCUT2D eigenvalue weighted by Gasteiger charge is -2.29. The van der Waals surface area contributed by atoms with Crippen LogP contribution in [0.15, 0.2) is 48.7 Å². The van der Waals surface area contributed by atoms with Crippen LogP contribution in [0.5, 0.6) is 0 Å². The summed E-state index contributed by atoms with van der Waals surface area (Å²) < 4.78 is 80.3. The van der Waals surface area contributed by atoms with Crippen molar-refractivity contribution < 1.29 is 30.8 Å². The van der Waals surface area contributed by atoms with Gasteiger partial charge in [-0.1, -0.05) is 19.9 Å². The fourth-order valence-electron chi connectivity index (χ4n) is 4.56. The molecule has 3 aromatic rings. The van der Waals surface area contributed by atoms with Crippen LogP contribution in [0.2, 0.25) is 0 Å². The van der Waals surface area contributed by atoms with Crippen molar-refractivity contribution in [1.82, 2.24) is 14.5 Å². The molecule has 0 unspecified atom stereocenters. The molecule has 41 heavy (non-hydrogen) atoms. The Labute approximate surface area is 236 Å². The Bertz CT molecular complexity index is 1590. The van der Waals surface area contributed by atoms with Gasteiger partial charge in [0, 0.05) is 29.6 Å². The van der Waals surface area contributed by atoms with Gasteiger partial charge in [0.15, 0.2) is 9.84 Å². The molecule has 1 saturated carbocycles. The Morgan fingerprint density at radius 3 is 2.41 bits per heavy atom. The molecule has 1 amide bonds. The summed E-state index contributed by atoms with van der Waals surface area (Å²) in [7, 11) is -3.50. The van der Waals surface area contributed by atoms with Crippen LogP contribution >= 0.6 is 0 Å². The Morgan fingerprint density at radius 2 is 1.85 bits per heavy atom. The van der Waals surface area contributed by atoms with E-state index in [9.17, 15) is 36.0 Å². The highest BCUT2D eigenvalue weighted by Gasteiger charge is 2.42. The van der Waals surface area contributed by atoms with Gasteiger partial charge in [0.05, 0.1) is 41.1 Å². The van der Waals surface area contributed by atoms with Crippen molar-refractivity contribution in [2.24, 2.45) is 0 Å². The van der Waals surface area contributed by atoms with Gasteiger partial charge in [-0.05, 0) is 61.7 Å². The number of nitrogens with zero attached hydrogens (tertiary/aromatic N) is 4. The molecule has 0 N–H and O–H groups in total. The SMILES string of the molecule is CCS(=O)(=O)CCN(C(=O)Cc1ccc(F)c(C(F)(F)F)c1)[C@H](C)c1nc(C2(C)CC2)cn1-c1ccc(C#N)cc1. The first kappa shape index (κ1) is 30.2. The van der Waals surface area contributed by atoms with E-state index >= 15 is 0 Å². The van der Waals surface area contributed by atoms with E-state index in [0.717, 1.165) is 24.6 Å². The van der Waals surface area contributed by atoms with Crippen molar-refractivity contribution in [3.8, 4) is 11.8 Å². The van der Waals surface area contributed by atoms with E-state index in [1.807, 2.05) is 6.20 Å². The number of rotatable bonds is 10. The third-order valence-electron chi connectivity index (χ3n) is 7.56. The minimum atomic E-state index is -4.94. The van der Waals surface area contributed by atoms with Crippen LogP contribution in [-0.2, 0) is 32.6 Å². The molecular formula is C29H30F4N4O3S. The highest BCUT2D eigenvalue weighted by Crippen LogP contribution is 2.47.